The van der Waals surface area contributed by atoms with Crippen LogP contribution in [0, 0.1) is 0 Å². The number of nitrogens with zero attached hydrogens (tertiary/aromatic N) is 2. The van der Waals surface area contributed by atoms with Gasteiger partial charge in [0, 0.05) is 21.0 Å². The summed E-state index contributed by atoms with van der Waals surface area (Å²) in [7, 11) is 0. The zero-order valence-electron chi connectivity index (χ0n) is 13.4. The van der Waals surface area contributed by atoms with Crippen molar-refractivity contribution in [2.75, 3.05) is 5.32 Å². The minimum atomic E-state index is 0.560. The van der Waals surface area contributed by atoms with Gasteiger partial charge < -0.3 is 5.32 Å². The maximum atomic E-state index is 6.29. The Labute approximate surface area is 165 Å². The molecule has 1 heterocycles. The predicted molar refractivity (Wildman–Crippen MR) is 110 cm³/mol. The third kappa shape index (κ3) is 3.47. The Kier molecular flexibility index (Phi) is 4.68. The Morgan fingerprint density at radius 1 is 0.731 bits per heavy atom. The van der Waals surface area contributed by atoms with Gasteiger partial charge in [0.25, 0.3) is 0 Å². The second-order valence-electron chi connectivity index (χ2n) is 5.67. The molecule has 0 atom stereocenters. The van der Waals surface area contributed by atoms with E-state index < -0.39 is 0 Å². The van der Waals surface area contributed by atoms with Crippen LogP contribution in [0.25, 0.3) is 22.3 Å². The minimum absolute atomic E-state index is 0.560. The lowest BCUT2D eigenvalue weighted by Gasteiger charge is -2.12. The van der Waals surface area contributed by atoms with Gasteiger partial charge in [0.2, 0.25) is 0 Å². The molecule has 0 unspecified atom stereocenters. The SMILES string of the molecule is Clc1ccc(-c2nc(Nc3cc(Cl)ccc3Cl)c3ccccc3n2)cc1. The lowest BCUT2D eigenvalue weighted by atomic mass is 10.2. The number of fused-ring (bicyclic) bond motifs is 1. The molecular weight excluding hydrogens is 389 g/mol. The Hall–Kier alpha value is -2.33. The van der Waals surface area contributed by atoms with E-state index in [2.05, 4.69) is 10.3 Å². The van der Waals surface area contributed by atoms with E-state index in [4.69, 9.17) is 39.8 Å². The lowest BCUT2D eigenvalue weighted by Crippen LogP contribution is -2.00. The second kappa shape index (κ2) is 7.12. The smallest absolute Gasteiger partial charge is 0.162 e. The highest BCUT2D eigenvalue weighted by atomic mass is 35.5. The number of hydrogen-bond donors (Lipinski definition) is 1. The fourth-order valence-electron chi connectivity index (χ4n) is 2.62. The van der Waals surface area contributed by atoms with Gasteiger partial charge in [0.1, 0.15) is 5.82 Å². The Morgan fingerprint density at radius 3 is 2.27 bits per heavy atom. The summed E-state index contributed by atoms with van der Waals surface area (Å²) in [6.07, 6.45) is 0. The van der Waals surface area contributed by atoms with Crippen LogP contribution in [-0.4, -0.2) is 9.97 Å². The average molecular weight is 401 g/mol. The van der Waals surface area contributed by atoms with Crippen molar-refractivity contribution >= 4 is 57.2 Å². The highest BCUT2D eigenvalue weighted by molar-refractivity contribution is 6.35. The van der Waals surface area contributed by atoms with E-state index in [0.717, 1.165) is 16.5 Å². The molecule has 0 fully saturated rings. The fourth-order valence-corrected chi connectivity index (χ4v) is 3.08. The van der Waals surface area contributed by atoms with Crippen molar-refractivity contribution in [3.8, 4) is 11.4 Å². The summed E-state index contributed by atoms with van der Waals surface area (Å²) in [4.78, 5) is 9.36. The molecular formula is C20H12Cl3N3. The van der Waals surface area contributed by atoms with Crippen LogP contribution in [0.15, 0.2) is 66.7 Å². The van der Waals surface area contributed by atoms with E-state index in [9.17, 15) is 0 Å². The van der Waals surface area contributed by atoms with Crippen molar-refractivity contribution in [1.82, 2.24) is 9.97 Å². The number of anilines is 2. The summed E-state index contributed by atoms with van der Waals surface area (Å²) >= 11 is 18.4. The molecule has 0 bridgehead atoms. The van der Waals surface area contributed by atoms with Gasteiger partial charge >= 0.3 is 0 Å². The van der Waals surface area contributed by atoms with Crippen LogP contribution in [-0.2, 0) is 0 Å². The van der Waals surface area contributed by atoms with Crippen molar-refractivity contribution < 1.29 is 0 Å². The van der Waals surface area contributed by atoms with Gasteiger partial charge in [-0.2, -0.15) is 0 Å². The molecule has 128 valence electrons. The third-order valence-corrected chi connectivity index (χ3v) is 4.70. The van der Waals surface area contributed by atoms with Gasteiger partial charge in [-0.05, 0) is 54.6 Å². The number of halogens is 3. The van der Waals surface area contributed by atoms with Crippen LogP contribution in [0.3, 0.4) is 0 Å². The second-order valence-corrected chi connectivity index (χ2v) is 6.95. The largest absolute Gasteiger partial charge is 0.338 e. The van der Waals surface area contributed by atoms with Crippen LogP contribution < -0.4 is 5.32 Å². The number of benzene rings is 3. The van der Waals surface area contributed by atoms with Crippen molar-refractivity contribution in [2.24, 2.45) is 0 Å². The van der Waals surface area contributed by atoms with Crippen molar-refractivity contribution in [3.05, 3.63) is 81.8 Å². The quantitative estimate of drug-likeness (QED) is 0.402. The maximum absolute atomic E-state index is 6.29. The van der Waals surface area contributed by atoms with Gasteiger partial charge in [0.05, 0.1) is 16.2 Å². The van der Waals surface area contributed by atoms with Crippen LogP contribution >= 0.6 is 34.8 Å². The van der Waals surface area contributed by atoms with E-state index in [1.807, 2.05) is 48.5 Å². The molecule has 0 saturated carbocycles. The van der Waals surface area contributed by atoms with E-state index in [1.54, 1.807) is 18.2 Å². The fraction of sp³-hybridized carbons (Fsp3) is 0. The maximum Gasteiger partial charge on any atom is 0.162 e. The topological polar surface area (TPSA) is 37.8 Å². The standard InChI is InChI=1S/C20H12Cl3N3/c21-13-7-5-12(6-8-13)19-24-17-4-2-1-3-15(17)20(26-19)25-18-11-14(22)9-10-16(18)23/h1-11H,(H,24,25,26). The summed E-state index contributed by atoms with van der Waals surface area (Å²) < 4.78 is 0. The summed E-state index contributed by atoms with van der Waals surface area (Å²) in [5, 5.41) is 5.99. The first-order valence-electron chi connectivity index (χ1n) is 7.85. The molecule has 0 spiro atoms. The van der Waals surface area contributed by atoms with Gasteiger partial charge in [-0.25, -0.2) is 9.97 Å². The molecule has 3 nitrogen and oxygen atoms in total. The van der Waals surface area contributed by atoms with Crippen LogP contribution in [0.4, 0.5) is 11.5 Å². The average Bonchev–Trinajstić information content (AvgIpc) is 2.65. The monoisotopic (exact) mass is 399 g/mol. The first-order valence-corrected chi connectivity index (χ1v) is 8.98. The molecule has 0 amide bonds. The molecule has 0 aliphatic carbocycles. The van der Waals surface area contributed by atoms with Crippen LogP contribution in [0.2, 0.25) is 15.1 Å². The predicted octanol–water partition coefficient (Wildman–Crippen LogP) is 7.00. The molecule has 0 aliphatic heterocycles. The molecule has 0 aliphatic rings. The number of aromatic nitrogens is 2. The Morgan fingerprint density at radius 2 is 1.46 bits per heavy atom. The summed E-state index contributed by atoms with van der Waals surface area (Å²) in [6, 6.07) is 20.5. The van der Waals surface area contributed by atoms with Crippen molar-refractivity contribution in [3.63, 3.8) is 0 Å². The first kappa shape index (κ1) is 17.1. The molecule has 1 aromatic heterocycles. The summed E-state index contributed by atoms with van der Waals surface area (Å²) in [5.74, 6) is 1.26. The Bertz CT molecular complexity index is 1100. The number of rotatable bonds is 3. The van der Waals surface area contributed by atoms with E-state index >= 15 is 0 Å². The minimum Gasteiger partial charge on any atom is -0.338 e. The number of nitrogens with one attached hydrogen (secondary N) is 1. The van der Waals surface area contributed by atoms with Gasteiger partial charge in [-0.15, -0.1) is 0 Å². The summed E-state index contributed by atoms with van der Waals surface area (Å²) in [5.41, 5.74) is 2.39. The molecule has 4 rings (SSSR count). The van der Waals surface area contributed by atoms with Crippen molar-refractivity contribution in [1.29, 1.82) is 0 Å². The van der Waals surface area contributed by atoms with Crippen LogP contribution in [0.5, 0.6) is 0 Å². The molecule has 0 saturated heterocycles. The molecule has 26 heavy (non-hydrogen) atoms. The third-order valence-electron chi connectivity index (χ3n) is 3.89. The zero-order chi connectivity index (χ0) is 18.1. The van der Waals surface area contributed by atoms with Crippen LogP contribution in [0.1, 0.15) is 0 Å². The van der Waals surface area contributed by atoms with Gasteiger partial charge in [0.15, 0.2) is 5.82 Å². The first-order chi connectivity index (χ1) is 12.6. The number of para-hydroxylation sites is 1. The van der Waals surface area contributed by atoms with E-state index in [0.29, 0.717) is 32.4 Å². The van der Waals surface area contributed by atoms with Gasteiger partial charge in [-0.1, -0.05) is 46.9 Å². The molecule has 4 aromatic rings. The molecule has 0 radical (unpaired) electrons. The Balaban J connectivity index is 1.87. The lowest BCUT2D eigenvalue weighted by molar-refractivity contribution is 1.22. The molecule has 1 N–H and O–H groups in total. The van der Waals surface area contributed by atoms with Crippen molar-refractivity contribution in [2.45, 2.75) is 0 Å². The molecule has 6 heteroatoms. The number of hydrogen-bond acceptors (Lipinski definition) is 3. The zero-order valence-corrected chi connectivity index (χ0v) is 15.6. The highest BCUT2D eigenvalue weighted by Crippen LogP contribution is 2.32. The highest BCUT2D eigenvalue weighted by Gasteiger charge is 2.11. The normalized spacial score (nSPS) is 10.9. The van der Waals surface area contributed by atoms with E-state index in [1.165, 1.54) is 0 Å². The molecule has 3 aromatic carbocycles. The summed E-state index contributed by atoms with van der Waals surface area (Å²) in [6.45, 7) is 0. The van der Waals surface area contributed by atoms with E-state index in [-0.39, 0.29) is 0 Å². The van der Waals surface area contributed by atoms with Gasteiger partial charge in [-0.3, -0.25) is 0 Å².